The van der Waals surface area contributed by atoms with Crippen LogP contribution in [0.15, 0.2) is 55.1 Å². The number of amides is 1. The summed E-state index contributed by atoms with van der Waals surface area (Å²) in [6.45, 7) is -3.95. The number of ether oxygens (including phenoxy) is 2. The lowest BCUT2D eigenvalue weighted by molar-refractivity contribution is -0.137. The Kier molecular flexibility index (Phi) is 6.66. The number of carbonyl (C=O) groups is 2. The Hall–Kier alpha value is -4.03. The fraction of sp³-hybridized carbons (Fsp3) is 0.158. The van der Waals surface area contributed by atoms with Gasteiger partial charge in [-0.15, -0.1) is 0 Å². The lowest BCUT2D eigenvalue weighted by Gasteiger charge is -2.14. The zero-order chi connectivity index (χ0) is 23.3. The van der Waals surface area contributed by atoms with E-state index in [0.717, 1.165) is 29.2 Å². The first-order chi connectivity index (χ1) is 15.1. The average molecular weight is 456 g/mol. The van der Waals surface area contributed by atoms with Crippen LogP contribution in [0.25, 0.3) is 5.69 Å². The normalized spacial score (nSPS) is 11.3. The van der Waals surface area contributed by atoms with Gasteiger partial charge in [0.05, 0.1) is 22.5 Å². The molecular weight excluding hydrogens is 443 g/mol. The van der Waals surface area contributed by atoms with Crippen LogP contribution in [0, 0.1) is 0 Å². The lowest BCUT2D eigenvalue weighted by atomic mass is 10.1. The maximum atomic E-state index is 13.1. The molecule has 0 aliphatic heterocycles. The third-order valence-corrected chi connectivity index (χ3v) is 3.89. The first kappa shape index (κ1) is 22.7. The topological polar surface area (TPSA) is 95.3 Å². The first-order valence-electron chi connectivity index (χ1n) is 8.71. The molecule has 0 aliphatic carbocycles. The highest BCUT2D eigenvalue weighted by atomic mass is 19.4. The van der Waals surface area contributed by atoms with E-state index in [-0.39, 0.29) is 22.7 Å². The van der Waals surface area contributed by atoms with Gasteiger partial charge in [0.25, 0.3) is 5.91 Å². The van der Waals surface area contributed by atoms with Gasteiger partial charge in [-0.3, -0.25) is 4.79 Å². The van der Waals surface area contributed by atoms with Crippen molar-refractivity contribution in [2.24, 2.45) is 0 Å². The molecule has 8 nitrogen and oxygen atoms in total. The van der Waals surface area contributed by atoms with E-state index in [2.05, 4.69) is 20.1 Å². The van der Waals surface area contributed by atoms with E-state index >= 15 is 0 Å². The number of alkyl halides is 5. The quantitative estimate of drug-likeness (QED) is 0.431. The molecule has 1 heterocycles. The molecule has 1 N–H and O–H groups in total. The minimum absolute atomic E-state index is 0.0898. The van der Waals surface area contributed by atoms with Crippen LogP contribution >= 0.6 is 0 Å². The fourth-order valence-corrected chi connectivity index (χ4v) is 2.54. The van der Waals surface area contributed by atoms with Crippen LogP contribution < -0.4 is 10.1 Å². The highest BCUT2D eigenvalue weighted by Crippen LogP contribution is 2.33. The molecule has 0 saturated heterocycles. The molecule has 1 amide bonds. The van der Waals surface area contributed by atoms with E-state index < -0.39 is 36.8 Å². The molecule has 32 heavy (non-hydrogen) atoms. The number of hydrogen-bond donors (Lipinski definition) is 1. The molecule has 0 saturated carbocycles. The van der Waals surface area contributed by atoms with Crippen molar-refractivity contribution < 1.29 is 41.0 Å². The molecule has 0 aliphatic rings. The second-order valence-corrected chi connectivity index (χ2v) is 6.10. The third kappa shape index (κ3) is 5.77. The Bertz CT molecular complexity index is 1100. The van der Waals surface area contributed by atoms with Crippen molar-refractivity contribution in [2.75, 3.05) is 11.9 Å². The van der Waals surface area contributed by atoms with E-state index in [9.17, 15) is 31.5 Å². The van der Waals surface area contributed by atoms with E-state index in [1.807, 2.05) is 0 Å². The molecule has 3 aromatic rings. The van der Waals surface area contributed by atoms with Crippen LogP contribution in [-0.2, 0) is 15.7 Å². The minimum atomic E-state index is -4.67. The first-order valence-corrected chi connectivity index (χ1v) is 8.71. The number of benzene rings is 2. The molecule has 0 atom stereocenters. The van der Waals surface area contributed by atoms with E-state index in [1.54, 1.807) is 0 Å². The van der Waals surface area contributed by atoms with E-state index in [4.69, 9.17) is 4.74 Å². The number of hydrogen-bond acceptors (Lipinski definition) is 6. The Morgan fingerprint density at radius 2 is 1.91 bits per heavy atom. The van der Waals surface area contributed by atoms with E-state index in [1.165, 1.54) is 24.5 Å². The summed E-state index contributed by atoms with van der Waals surface area (Å²) < 4.78 is 73.8. The second kappa shape index (κ2) is 9.41. The number of carbonyl (C=O) groups excluding carboxylic acids is 2. The summed E-state index contributed by atoms with van der Waals surface area (Å²) in [6, 6.07) is 7.28. The molecule has 168 valence electrons. The summed E-state index contributed by atoms with van der Waals surface area (Å²) in [4.78, 5) is 28.0. The van der Waals surface area contributed by atoms with Gasteiger partial charge in [-0.1, -0.05) is 6.07 Å². The van der Waals surface area contributed by atoms with Gasteiger partial charge in [-0.05, 0) is 36.4 Å². The highest BCUT2D eigenvalue weighted by Gasteiger charge is 2.31. The van der Waals surface area contributed by atoms with Crippen molar-refractivity contribution >= 4 is 17.6 Å². The van der Waals surface area contributed by atoms with Gasteiger partial charge in [0.15, 0.2) is 6.61 Å². The smallest absolute Gasteiger partial charge is 0.416 e. The minimum Gasteiger partial charge on any atom is -0.452 e. The summed E-state index contributed by atoms with van der Waals surface area (Å²) in [5, 5.41) is 6.04. The summed E-state index contributed by atoms with van der Waals surface area (Å²) in [5.41, 5.74) is -1.35. The van der Waals surface area contributed by atoms with Gasteiger partial charge in [0.2, 0.25) is 0 Å². The predicted molar refractivity (Wildman–Crippen MR) is 98.3 cm³/mol. The fourth-order valence-electron chi connectivity index (χ4n) is 2.54. The number of esters is 1. The molecule has 0 unspecified atom stereocenters. The molecule has 1 aromatic heterocycles. The van der Waals surface area contributed by atoms with Gasteiger partial charge in [0.1, 0.15) is 18.4 Å². The summed E-state index contributed by atoms with van der Waals surface area (Å²) in [5.74, 6) is -2.26. The summed E-state index contributed by atoms with van der Waals surface area (Å²) >= 11 is 0. The van der Waals surface area contributed by atoms with Crippen LogP contribution in [-0.4, -0.2) is 39.9 Å². The molecule has 2 aromatic carbocycles. The summed E-state index contributed by atoms with van der Waals surface area (Å²) in [6.07, 6.45) is -2.30. The maximum absolute atomic E-state index is 13.1. The monoisotopic (exact) mass is 456 g/mol. The third-order valence-electron chi connectivity index (χ3n) is 3.89. The number of nitrogens with one attached hydrogen (secondary N) is 1. The number of halogens is 5. The number of aromatic nitrogens is 3. The van der Waals surface area contributed by atoms with Gasteiger partial charge < -0.3 is 14.8 Å². The van der Waals surface area contributed by atoms with Gasteiger partial charge in [0, 0.05) is 0 Å². The largest absolute Gasteiger partial charge is 0.452 e. The van der Waals surface area contributed by atoms with Crippen molar-refractivity contribution in [3.8, 4) is 11.4 Å². The van der Waals surface area contributed by atoms with Crippen molar-refractivity contribution in [2.45, 2.75) is 12.8 Å². The van der Waals surface area contributed by atoms with Crippen molar-refractivity contribution in [1.82, 2.24) is 14.8 Å². The number of rotatable bonds is 7. The Morgan fingerprint density at radius 1 is 1.12 bits per heavy atom. The zero-order valence-electron chi connectivity index (χ0n) is 15.8. The van der Waals surface area contributed by atoms with Crippen molar-refractivity contribution in [3.63, 3.8) is 0 Å². The SMILES string of the molecule is O=C(COC(=O)c1cccc(OC(F)F)c1)Nc1cc(C(F)(F)F)ccc1-n1cncn1. The van der Waals surface area contributed by atoms with Crippen molar-refractivity contribution in [1.29, 1.82) is 0 Å². The van der Waals surface area contributed by atoms with Crippen LogP contribution in [0.3, 0.4) is 0 Å². The Balaban J connectivity index is 1.71. The van der Waals surface area contributed by atoms with Crippen LogP contribution in [0.1, 0.15) is 15.9 Å². The highest BCUT2D eigenvalue weighted by molar-refractivity contribution is 5.96. The second-order valence-electron chi connectivity index (χ2n) is 6.10. The molecule has 3 rings (SSSR count). The zero-order valence-corrected chi connectivity index (χ0v) is 15.8. The molecule has 0 spiro atoms. The Labute approximate surface area is 176 Å². The van der Waals surface area contributed by atoms with Gasteiger partial charge >= 0.3 is 18.8 Å². The molecule has 13 heteroatoms. The van der Waals surface area contributed by atoms with Crippen LogP contribution in [0.5, 0.6) is 5.75 Å². The predicted octanol–water partition coefficient (Wildman–Crippen LogP) is 3.68. The molecule has 0 radical (unpaired) electrons. The van der Waals surface area contributed by atoms with Gasteiger partial charge in [-0.25, -0.2) is 14.5 Å². The van der Waals surface area contributed by atoms with Gasteiger partial charge in [-0.2, -0.15) is 27.1 Å². The molecular formula is C19H13F5N4O4. The summed E-state index contributed by atoms with van der Waals surface area (Å²) in [7, 11) is 0. The van der Waals surface area contributed by atoms with Crippen molar-refractivity contribution in [3.05, 3.63) is 66.2 Å². The van der Waals surface area contributed by atoms with E-state index in [0.29, 0.717) is 6.07 Å². The molecule has 0 fully saturated rings. The maximum Gasteiger partial charge on any atom is 0.416 e. The number of anilines is 1. The molecule has 0 bridgehead atoms. The van der Waals surface area contributed by atoms with Crippen LogP contribution in [0.2, 0.25) is 0 Å². The van der Waals surface area contributed by atoms with Crippen LogP contribution in [0.4, 0.5) is 27.6 Å². The number of nitrogens with zero attached hydrogens (tertiary/aromatic N) is 3. The standard InChI is InChI=1S/C19H13F5N4O4/c20-18(21)32-13-3-1-2-11(6-13)17(30)31-8-16(29)27-14-7-12(19(22,23)24)4-5-15(14)28-10-25-9-26-28/h1-7,9-10,18H,8H2,(H,27,29). The average Bonchev–Trinajstić information content (AvgIpc) is 3.25. The lowest BCUT2D eigenvalue weighted by Crippen LogP contribution is -2.22. The Morgan fingerprint density at radius 3 is 2.56 bits per heavy atom.